The number of carbonyl (C=O) groups excluding carboxylic acids is 1. The molecule has 1 saturated carbocycles. The molecule has 1 amide bonds. The molecule has 1 heterocycles. The van der Waals surface area contributed by atoms with E-state index in [0.29, 0.717) is 23.4 Å². The molecule has 2 N–H and O–H groups in total. The first-order chi connectivity index (χ1) is 12.0. The maximum atomic E-state index is 12.4. The van der Waals surface area contributed by atoms with E-state index in [1.807, 2.05) is 0 Å². The van der Waals surface area contributed by atoms with E-state index in [9.17, 15) is 14.7 Å². The minimum absolute atomic E-state index is 0.146. The molecule has 1 aromatic heterocycles. The molecule has 1 aliphatic carbocycles. The highest BCUT2D eigenvalue weighted by Gasteiger charge is 2.39. The fraction of sp³-hybridized carbons (Fsp3) is 0.389. The van der Waals surface area contributed by atoms with Crippen molar-refractivity contribution in [2.45, 2.75) is 32.1 Å². The summed E-state index contributed by atoms with van der Waals surface area (Å²) in [4.78, 5) is 24.0. The van der Waals surface area contributed by atoms with Crippen LogP contribution >= 0.6 is 11.6 Å². The third-order valence-corrected chi connectivity index (χ3v) is 5.04. The minimum Gasteiger partial charge on any atom is -0.481 e. The van der Waals surface area contributed by atoms with Gasteiger partial charge < -0.3 is 10.4 Å². The molecule has 1 aliphatic rings. The van der Waals surface area contributed by atoms with Gasteiger partial charge in [0, 0.05) is 17.8 Å². The maximum Gasteiger partial charge on any atom is 0.311 e. The van der Waals surface area contributed by atoms with Crippen molar-refractivity contribution in [2.75, 3.05) is 6.54 Å². The number of carboxylic acid groups (broad SMARTS) is 1. The van der Waals surface area contributed by atoms with Crippen molar-refractivity contribution < 1.29 is 14.7 Å². The van der Waals surface area contributed by atoms with Gasteiger partial charge in [-0.25, -0.2) is 4.68 Å². The number of carboxylic acids is 1. The molecule has 25 heavy (non-hydrogen) atoms. The lowest BCUT2D eigenvalue weighted by atomic mass is 9.74. The second-order valence-corrected chi connectivity index (χ2v) is 6.92. The summed E-state index contributed by atoms with van der Waals surface area (Å²) < 4.78 is 1.58. The van der Waals surface area contributed by atoms with Crippen LogP contribution in [0.1, 0.15) is 42.5 Å². The number of amides is 1. The predicted molar refractivity (Wildman–Crippen MR) is 94.1 cm³/mol. The summed E-state index contributed by atoms with van der Waals surface area (Å²) in [6.07, 6.45) is 7.12. The van der Waals surface area contributed by atoms with E-state index in [2.05, 4.69) is 10.4 Å². The van der Waals surface area contributed by atoms with Gasteiger partial charge >= 0.3 is 5.97 Å². The fourth-order valence-electron chi connectivity index (χ4n) is 3.22. The molecular weight excluding hydrogens is 342 g/mol. The smallest absolute Gasteiger partial charge is 0.311 e. The van der Waals surface area contributed by atoms with Crippen LogP contribution < -0.4 is 5.32 Å². The van der Waals surface area contributed by atoms with E-state index in [1.165, 1.54) is 6.20 Å². The highest BCUT2D eigenvalue weighted by Crippen LogP contribution is 2.36. The number of aromatic nitrogens is 2. The van der Waals surface area contributed by atoms with E-state index in [4.69, 9.17) is 11.6 Å². The first-order valence-electron chi connectivity index (χ1n) is 8.32. The van der Waals surface area contributed by atoms with Crippen molar-refractivity contribution in [2.24, 2.45) is 5.41 Å². The number of rotatable bonds is 5. The van der Waals surface area contributed by atoms with Crippen LogP contribution in [-0.2, 0) is 4.79 Å². The van der Waals surface area contributed by atoms with Crippen molar-refractivity contribution >= 4 is 23.5 Å². The standard InChI is InChI=1S/C18H20ClN3O3/c19-14-4-6-15(7-5-14)22-11-13(10-21-22)16(23)20-12-18(17(24)25)8-2-1-3-9-18/h4-7,10-11H,1-3,8-9,12H2,(H,20,23)(H,24,25). The Morgan fingerprint density at radius 1 is 1.20 bits per heavy atom. The van der Waals surface area contributed by atoms with Gasteiger partial charge in [0.15, 0.2) is 0 Å². The molecule has 132 valence electrons. The average Bonchev–Trinajstić information content (AvgIpc) is 3.11. The topological polar surface area (TPSA) is 84.2 Å². The number of hydrogen-bond acceptors (Lipinski definition) is 3. The lowest BCUT2D eigenvalue weighted by molar-refractivity contribution is -0.150. The monoisotopic (exact) mass is 361 g/mol. The Morgan fingerprint density at radius 2 is 1.88 bits per heavy atom. The minimum atomic E-state index is -0.847. The van der Waals surface area contributed by atoms with E-state index in [1.54, 1.807) is 35.1 Å². The van der Waals surface area contributed by atoms with Gasteiger partial charge in [-0.2, -0.15) is 5.10 Å². The predicted octanol–water partition coefficient (Wildman–Crippen LogP) is 3.29. The Kier molecular flexibility index (Phi) is 5.08. The molecule has 0 atom stereocenters. The van der Waals surface area contributed by atoms with E-state index in [-0.39, 0.29) is 12.5 Å². The van der Waals surface area contributed by atoms with Crippen LogP contribution in [0.15, 0.2) is 36.7 Å². The molecule has 1 aromatic carbocycles. The Morgan fingerprint density at radius 3 is 2.52 bits per heavy atom. The quantitative estimate of drug-likeness (QED) is 0.855. The number of carbonyl (C=O) groups is 2. The highest BCUT2D eigenvalue weighted by molar-refractivity contribution is 6.30. The van der Waals surface area contributed by atoms with Gasteiger partial charge in [0.25, 0.3) is 5.91 Å². The molecule has 0 aliphatic heterocycles. The van der Waals surface area contributed by atoms with Gasteiger partial charge in [0.1, 0.15) is 0 Å². The molecule has 1 fully saturated rings. The zero-order chi connectivity index (χ0) is 17.9. The first-order valence-corrected chi connectivity index (χ1v) is 8.70. The summed E-state index contributed by atoms with van der Waals surface area (Å²) in [5.74, 6) is -1.14. The van der Waals surface area contributed by atoms with Crippen LogP contribution in [-0.4, -0.2) is 33.3 Å². The van der Waals surface area contributed by atoms with Crippen LogP contribution in [0.2, 0.25) is 5.02 Å². The zero-order valence-corrected chi connectivity index (χ0v) is 14.5. The summed E-state index contributed by atoms with van der Waals surface area (Å²) in [6, 6.07) is 7.10. The van der Waals surface area contributed by atoms with Gasteiger partial charge in [0.05, 0.1) is 22.9 Å². The summed E-state index contributed by atoms with van der Waals surface area (Å²) in [6.45, 7) is 0.146. The first kappa shape index (κ1) is 17.5. The molecule has 0 spiro atoms. The van der Waals surface area contributed by atoms with Gasteiger partial charge in [-0.05, 0) is 37.1 Å². The van der Waals surface area contributed by atoms with Crippen molar-refractivity contribution in [1.82, 2.24) is 15.1 Å². The lowest BCUT2D eigenvalue weighted by Crippen LogP contribution is -2.44. The molecule has 0 unspecified atom stereocenters. The highest BCUT2D eigenvalue weighted by atomic mass is 35.5. The number of aliphatic carboxylic acids is 1. The van der Waals surface area contributed by atoms with Gasteiger partial charge in [-0.15, -0.1) is 0 Å². The number of halogens is 1. The van der Waals surface area contributed by atoms with Crippen LogP contribution in [0.3, 0.4) is 0 Å². The third kappa shape index (κ3) is 3.85. The number of nitrogens with zero attached hydrogens (tertiary/aromatic N) is 2. The SMILES string of the molecule is O=C(NCC1(C(=O)O)CCCCC1)c1cnn(-c2ccc(Cl)cc2)c1. The zero-order valence-electron chi connectivity index (χ0n) is 13.7. The van der Waals surface area contributed by atoms with Crippen molar-refractivity contribution in [3.63, 3.8) is 0 Å². The number of benzene rings is 1. The van der Waals surface area contributed by atoms with Crippen molar-refractivity contribution in [3.8, 4) is 5.69 Å². The van der Waals surface area contributed by atoms with Crippen LogP contribution in [0.25, 0.3) is 5.69 Å². The van der Waals surface area contributed by atoms with Crippen LogP contribution in [0, 0.1) is 5.41 Å². The molecule has 0 saturated heterocycles. The van der Waals surface area contributed by atoms with Crippen molar-refractivity contribution in [3.05, 3.63) is 47.2 Å². The summed E-state index contributed by atoms with van der Waals surface area (Å²) in [5.41, 5.74) is 0.337. The molecule has 7 heteroatoms. The number of hydrogen-bond donors (Lipinski definition) is 2. The average molecular weight is 362 g/mol. The maximum absolute atomic E-state index is 12.4. The van der Waals surface area contributed by atoms with Gasteiger partial charge in [-0.3, -0.25) is 9.59 Å². The lowest BCUT2D eigenvalue weighted by Gasteiger charge is -2.33. The van der Waals surface area contributed by atoms with E-state index >= 15 is 0 Å². The second kappa shape index (κ2) is 7.27. The fourth-order valence-corrected chi connectivity index (χ4v) is 3.35. The van der Waals surface area contributed by atoms with Crippen LogP contribution in [0.5, 0.6) is 0 Å². The van der Waals surface area contributed by atoms with Crippen LogP contribution in [0.4, 0.5) is 0 Å². The normalized spacial score (nSPS) is 16.4. The van der Waals surface area contributed by atoms with Gasteiger partial charge in [-0.1, -0.05) is 30.9 Å². The molecule has 6 nitrogen and oxygen atoms in total. The molecule has 2 aromatic rings. The van der Waals surface area contributed by atoms with E-state index < -0.39 is 11.4 Å². The Balaban J connectivity index is 1.67. The second-order valence-electron chi connectivity index (χ2n) is 6.48. The van der Waals surface area contributed by atoms with E-state index in [0.717, 1.165) is 24.9 Å². The molecular formula is C18H20ClN3O3. The Bertz CT molecular complexity index is 764. The largest absolute Gasteiger partial charge is 0.481 e. The summed E-state index contributed by atoms with van der Waals surface area (Å²) >= 11 is 5.87. The van der Waals surface area contributed by atoms with Crippen molar-refractivity contribution in [1.29, 1.82) is 0 Å². The van der Waals surface area contributed by atoms with Gasteiger partial charge in [0.2, 0.25) is 0 Å². The number of nitrogens with one attached hydrogen (secondary N) is 1. The third-order valence-electron chi connectivity index (χ3n) is 4.79. The Hall–Kier alpha value is -2.34. The molecule has 3 rings (SSSR count). The Labute approximate surface area is 150 Å². The molecule has 0 bridgehead atoms. The summed E-state index contributed by atoms with van der Waals surface area (Å²) in [7, 11) is 0. The molecule has 0 radical (unpaired) electrons. The summed E-state index contributed by atoms with van der Waals surface area (Å²) in [5, 5.41) is 17.1.